The molecule has 0 bridgehead atoms. The third kappa shape index (κ3) is 2.23. The average Bonchev–Trinajstić information content (AvgIpc) is 2.26. The molecule has 0 saturated carbocycles. The van der Waals surface area contributed by atoms with Crippen molar-refractivity contribution < 1.29 is 27.4 Å². The number of halogens is 3. The Morgan fingerprint density at radius 1 is 1.44 bits per heavy atom. The van der Waals surface area contributed by atoms with Crippen LogP contribution >= 0.6 is 0 Å². The summed E-state index contributed by atoms with van der Waals surface area (Å²) in [5, 5.41) is 0. The van der Waals surface area contributed by atoms with Gasteiger partial charge in [-0.05, 0) is 0 Å². The maximum Gasteiger partial charge on any atom is 0.357 e. The third-order valence-electron chi connectivity index (χ3n) is 1.81. The number of ether oxygens (including phenoxy) is 2. The number of aromatic nitrogens is 1. The summed E-state index contributed by atoms with van der Waals surface area (Å²) >= 11 is 0. The van der Waals surface area contributed by atoms with Crippen molar-refractivity contribution in [3.05, 3.63) is 23.3 Å². The molecular formula is C9H8F3NO3. The molecule has 0 aliphatic heterocycles. The van der Waals surface area contributed by atoms with Crippen LogP contribution in [0.25, 0.3) is 0 Å². The Morgan fingerprint density at radius 3 is 2.50 bits per heavy atom. The number of methoxy groups -OCH3 is 2. The lowest BCUT2D eigenvalue weighted by atomic mass is 10.2. The standard InChI is InChI=1S/C9H8F3NO3/c1-15-4-3-5(10)13-7(9(14)16-2)6(4)8(11)12/h3,8H,1-2H3. The SMILES string of the molecule is COC(=O)c1nc(F)cc(OC)c1C(F)F. The number of alkyl halides is 2. The topological polar surface area (TPSA) is 48.4 Å². The van der Waals surface area contributed by atoms with Crippen molar-refractivity contribution >= 4 is 5.97 Å². The Hall–Kier alpha value is -1.79. The van der Waals surface area contributed by atoms with Crippen molar-refractivity contribution in [2.24, 2.45) is 0 Å². The molecule has 88 valence electrons. The monoisotopic (exact) mass is 235 g/mol. The number of esters is 1. The highest BCUT2D eigenvalue weighted by Gasteiger charge is 2.26. The van der Waals surface area contributed by atoms with Gasteiger partial charge in [-0.2, -0.15) is 4.39 Å². The maximum absolute atomic E-state index is 12.9. The summed E-state index contributed by atoms with van der Waals surface area (Å²) in [6.45, 7) is 0. The molecule has 0 unspecified atom stereocenters. The lowest BCUT2D eigenvalue weighted by Gasteiger charge is -2.10. The molecule has 1 aromatic rings. The smallest absolute Gasteiger partial charge is 0.357 e. The highest BCUT2D eigenvalue weighted by molar-refractivity contribution is 5.89. The number of nitrogens with zero attached hydrogens (tertiary/aromatic N) is 1. The average molecular weight is 235 g/mol. The minimum absolute atomic E-state index is 0.442. The molecule has 0 fully saturated rings. The molecule has 0 spiro atoms. The zero-order valence-electron chi connectivity index (χ0n) is 8.46. The van der Waals surface area contributed by atoms with Crippen LogP contribution in [0, 0.1) is 5.95 Å². The number of carbonyl (C=O) groups is 1. The summed E-state index contributed by atoms with van der Waals surface area (Å²) < 4.78 is 47.0. The number of pyridine rings is 1. The summed E-state index contributed by atoms with van der Waals surface area (Å²) in [4.78, 5) is 14.2. The Kier molecular flexibility index (Phi) is 3.70. The van der Waals surface area contributed by atoms with Crippen molar-refractivity contribution in [2.45, 2.75) is 6.43 Å². The van der Waals surface area contributed by atoms with E-state index in [9.17, 15) is 18.0 Å². The van der Waals surface area contributed by atoms with Crippen LogP contribution in [0.3, 0.4) is 0 Å². The fourth-order valence-electron chi connectivity index (χ4n) is 1.13. The molecule has 0 aromatic carbocycles. The summed E-state index contributed by atoms with van der Waals surface area (Å²) in [5.41, 5.74) is -1.56. The lowest BCUT2D eigenvalue weighted by molar-refractivity contribution is 0.0578. The molecule has 7 heteroatoms. The van der Waals surface area contributed by atoms with Crippen molar-refractivity contribution in [3.63, 3.8) is 0 Å². The van der Waals surface area contributed by atoms with Gasteiger partial charge in [-0.1, -0.05) is 0 Å². The highest BCUT2D eigenvalue weighted by Crippen LogP contribution is 2.31. The van der Waals surface area contributed by atoms with Crippen molar-refractivity contribution in [3.8, 4) is 5.75 Å². The van der Waals surface area contributed by atoms with E-state index in [1.807, 2.05) is 0 Å². The first-order valence-corrected chi connectivity index (χ1v) is 4.12. The van der Waals surface area contributed by atoms with Gasteiger partial charge in [0, 0.05) is 6.07 Å². The zero-order valence-corrected chi connectivity index (χ0v) is 8.46. The van der Waals surface area contributed by atoms with Gasteiger partial charge in [-0.15, -0.1) is 0 Å². The summed E-state index contributed by atoms with van der Waals surface area (Å²) in [6, 6.07) is 0.675. The summed E-state index contributed by atoms with van der Waals surface area (Å²) in [7, 11) is 2.07. The molecule has 1 rings (SSSR count). The Balaban J connectivity index is 3.44. The third-order valence-corrected chi connectivity index (χ3v) is 1.81. The van der Waals surface area contributed by atoms with E-state index >= 15 is 0 Å². The minimum Gasteiger partial charge on any atom is -0.496 e. The van der Waals surface area contributed by atoms with Gasteiger partial charge < -0.3 is 9.47 Å². The van der Waals surface area contributed by atoms with E-state index < -0.39 is 35.3 Å². The van der Waals surface area contributed by atoms with Crippen molar-refractivity contribution in [1.29, 1.82) is 0 Å². The van der Waals surface area contributed by atoms with Crippen LogP contribution in [0.15, 0.2) is 6.07 Å². The molecule has 16 heavy (non-hydrogen) atoms. The van der Waals surface area contributed by atoms with E-state index in [1.165, 1.54) is 0 Å². The zero-order chi connectivity index (χ0) is 12.3. The van der Waals surface area contributed by atoms with E-state index in [0.717, 1.165) is 14.2 Å². The maximum atomic E-state index is 12.9. The van der Waals surface area contributed by atoms with E-state index in [-0.39, 0.29) is 0 Å². The van der Waals surface area contributed by atoms with E-state index in [4.69, 9.17) is 0 Å². The minimum atomic E-state index is -3.02. The first kappa shape index (κ1) is 12.3. The van der Waals surface area contributed by atoms with Crippen LogP contribution in [-0.2, 0) is 4.74 Å². The predicted molar refractivity (Wildman–Crippen MR) is 47.0 cm³/mol. The number of carbonyl (C=O) groups excluding carboxylic acids is 1. The molecule has 0 aliphatic carbocycles. The van der Waals surface area contributed by atoms with Crippen LogP contribution in [0.1, 0.15) is 22.5 Å². The van der Waals surface area contributed by atoms with E-state index in [2.05, 4.69) is 14.5 Å². The second kappa shape index (κ2) is 4.82. The van der Waals surface area contributed by atoms with Gasteiger partial charge in [-0.3, -0.25) is 0 Å². The quantitative estimate of drug-likeness (QED) is 0.593. The predicted octanol–water partition coefficient (Wildman–Crippen LogP) is 1.95. The largest absolute Gasteiger partial charge is 0.496 e. The molecule has 0 N–H and O–H groups in total. The number of hydrogen-bond acceptors (Lipinski definition) is 4. The second-order valence-electron chi connectivity index (χ2n) is 2.70. The summed E-state index contributed by atoms with van der Waals surface area (Å²) in [6.07, 6.45) is -3.02. The van der Waals surface area contributed by atoms with Gasteiger partial charge in [0.2, 0.25) is 5.95 Å². The molecule has 0 aliphatic rings. The molecule has 0 saturated heterocycles. The number of rotatable bonds is 3. The van der Waals surface area contributed by atoms with Crippen molar-refractivity contribution in [1.82, 2.24) is 4.98 Å². The Labute approximate surface area is 89.0 Å². The van der Waals surface area contributed by atoms with Gasteiger partial charge in [-0.25, -0.2) is 18.6 Å². The fraction of sp³-hybridized carbons (Fsp3) is 0.333. The molecule has 1 heterocycles. The Bertz CT molecular complexity index is 409. The molecule has 0 radical (unpaired) electrons. The van der Waals surface area contributed by atoms with Crippen LogP contribution in [-0.4, -0.2) is 25.2 Å². The van der Waals surface area contributed by atoms with E-state index in [0.29, 0.717) is 6.07 Å². The molecule has 0 atom stereocenters. The van der Waals surface area contributed by atoms with Crippen LogP contribution in [0.5, 0.6) is 5.75 Å². The van der Waals surface area contributed by atoms with Gasteiger partial charge in [0.15, 0.2) is 5.69 Å². The Morgan fingerprint density at radius 2 is 2.06 bits per heavy atom. The number of hydrogen-bond donors (Lipinski definition) is 0. The van der Waals surface area contributed by atoms with Gasteiger partial charge >= 0.3 is 5.97 Å². The normalized spacial score (nSPS) is 10.4. The molecule has 1 aromatic heterocycles. The van der Waals surface area contributed by atoms with Crippen LogP contribution < -0.4 is 4.74 Å². The van der Waals surface area contributed by atoms with Crippen LogP contribution in [0.2, 0.25) is 0 Å². The molecule has 4 nitrogen and oxygen atoms in total. The second-order valence-corrected chi connectivity index (χ2v) is 2.70. The molecular weight excluding hydrogens is 227 g/mol. The lowest BCUT2D eigenvalue weighted by Crippen LogP contribution is -2.12. The first-order chi connectivity index (χ1) is 7.51. The van der Waals surface area contributed by atoms with Gasteiger partial charge in [0.05, 0.1) is 19.8 Å². The van der Waals surface area contributed by atoms with Gasteiger partial charge in [0.1, 0.15) is 5.75 Å². The highest BCUT2D eigenvalue weighted by atomic mass is 19.3. The first-order valence-electron chi connectivity index (χ1n) is 4.12. The van der Waals surface area contributed by atoms with E-state index in [1.54, 1.807) is 0 Å². The van der Waals surface area contributed by atoms with Crippen molar-refractivity contribution in [2.75, 3.05) is 14.2 Å². The van der Waals surface area contributed by atoms with Crippen LogP contribution in [0.4, 0.5) is 13.2 Å². The van der Waals surface area contributed by atoms with Gasteiger partial charge in [0.25, 0.3) is 6.43 Å². The fourth-order valence-corrected chi connectivity index (χ4v) is 1.13. The summed E-state index contributed by atoms with van der Waals surface area (Å²) in [5.74, 6) is -2.68. The molecule has 0 amide bonds.